The number of likely N-dealkylation sites (N-methyl/N-ethyl adjacent to an activating group) is 1. The topological polar surface area (TPSA) is 97.4 Å². The molecule has 2 aromatic rings. The molecule has 8 nitrogen and oxygen atoms in total. The lowest BCUT2D eigenvalue weighted by Gasteiger charge is -2.19. The van der Waals surface area contributed by atoms with Crippen LogP contribution in [0.15, 0.2) is 64.8 Å². The predicted octanol–water partition coefficient (Wildman–Crippen LogP) is 4.87. The summed E-state index contributed by atoms with van der Waals surface area (Å²) in [5, 5.41) is 19.2. The number of carbonyl (C=O) groups excluding carboxylic acids is 1. The van der Waals surface area contributed by atoms with Gasteiger partial charge in [0.25, 0.3) is 5.69 Å². The molecular formula is C20H22N4O4. The van der Waals surface area contributed by atoms with Crippen molar-refractivity contribution in [3.05, 3.63) is 70.3 Å². The molecule has 0 fully saturated rings. The second-order valence-electron chi connectivity index (χ2n) is 6.28. The van der Waals surface area contributed by atoms with Crippen molar-refractivity contribution in [1.29, 1.82) is 0 Å². The van der Waals surface area contributed by atoms with Gasteiger partial charge in [0, 0.05) is 29.9 Å². The highest BCUT2D eigenvalue weighted by Crippen LogP contribution is 2.26. The van der Waals surface area contributed by atoms with E-state index in [0.717, 1.165) is 5.69 Å². The van der Waals surface area contributed by atoms with Gasteiger partial charge in [0.15, 0.2) is 0 Å². The summed E-state index contributed by atoms with van der Waals surface area (Å²) in [4.78, 5) is 23.9. The molecule has 0 aliphatic carbocycles. The molecule has 0 amide bonds. The van der Waals surface area contributed by atoms with Gasteiger partial charge in [0.05, 0.1) is 22.8 Å². The zero-order valence-electron chi connectivity index (χ0n) is 16.1. The van der Waals surface area contributed by atoms with Crippen LogP contribution < -0.4 is 4.90 Å². The van der Waals surface area contributed by atoms with Crippen molar-refractivity contribution in [1.82, 2.24) is 0 Å². The fourth-order valence-electron chi connectivity index (χ4n) is 2.27. The first-order valence-corrected chi connectivity index (χ1v) is 8.58. The van der Waals surface area contributed by atoms with Crippen molar-refractivity contribution >= 4 is 28.7 Å². The van der Waals surface area contributed by atoms with Gasteiger partial charge in [0.1, 0.15) is 6.61 Å². The summed E-state index contributed by atoms with van der Waals surface area (Å²) in [6.07, 6.45) is 0. The monoisotopic (exact) mass is 382 g/mol. The van der Waals surface area contributed by atoms with E-state index < -0.39 is 10.9 Å². The predicted molar refractivity (Wildman–Crippen MR) is 107 cm³/mol. The van der Waals surface area contributed by atoms with Crippen molar-refractivity contribution < 1.29 is 14.5 Å². The van der Waals surface area contributed by atoms with E-state index in [1.807, 2.05) is 24.1 Å². The van der Waals surface area contributed by atoms with E-state index in [4.69, 9.17) is 4.74 Å². The minimum atomic E-state index is -0.438. The second-order valence-corrected chi connectivity index (χ2v) is 6.28. The zero-order valence-corrected chi connectivity index (χ0v) is 16.1. The van der Waals surface area contributed by atoms with Gasteiger partial charge in [-0.3, -0.25) is 10.1 Å². The molecule has 0 aromatic heterocycles. The Balaban J connectivity index is 1.98. The van der Waals surface area contributed by atoms with E-state index >= 15 is 0 Å². The first-order chi connectivity index (χ1) is 13.3. The summed E-state index contributed by atoms with van der Waals surface area (Å²) >= 11 is 0. The van der Waals surface area contributed by atoms with Gasteiger partial charge in [-0.2, -0.15) is 10.2 Å². The lowest BCUT2D eigenvalue weighted by Crippen LogP contribution is -2.23. The minimum Gasteiger partial charge on any atom is -0.460 e. The molecule has 0 unspecified atom stereocenters. The largest absolute Gasteiger partial charge is 0.460 e. The summed E-state index contributed by atoms with van der Waals surface area (Å²) in [6, 6.07) is 12.0. The number of rotatable bonds is 8. The highest BCUT2D eigenvalue weighted by atomic mass is 16.6. The van der Waals surface area contributed by atoms with Crippen molar-refractivity contribution in [3.8, 4) is 0 Å². The maximum atomic E-state index is 11.4. The minimum absolute atomic E-state index is 0.0146. The Morgan fingerprint density at radius 2 is 1.79 bits per heavy atom. The molecule has 0 radical (unpaired) electrons. The number of ether oxygens (including phenoxy) is 1. The third-order valence-electron chi connectivity index (χ3n) is 3.97. The Kier molecular flexibility index (Phi) is 6.97. The smallest absolute Gasteiger partial charge is 0.333 e. The van der Waals surface area contributed by atoms with Gasteiger partial charge in [-0.15, -0.1) is 0 Å². The van der Waals surface area contributed by atoms with Crippen molar-refractivity contribution in [2.24, 2.45) is 10.2 Å². The second kappa shape index (κ2) is 9.40. The number of benzene rings is 2. The molecule has 0 heterocycles. The average molecular weight is 382 g/mol. The maximum absolute atomic E-state index is 11.4. The third-order valence-corrected chi connectivity index (χ3v) is 3.97. The van der Waals surface area contributed by atoms with Gasteiger partial charge < -0.3 is 9.64 Å². The van der Waals surface area contributed by atoms with Crippen molar-refractivity contribution in [2.75, 3.05) is 25.1 Å². The SMILES string of the molecule is C=C(C)C(=O)OCCN(C)c1ccc(N=Nc2ccc(C)c([N+](=O)[O-])c2)cc1. The number of nitrogens with zero attached hydrogens (tertiary/aromatic N) is 4. The summed E-state index contributed by atoms with van der Waals surface area (Å²) in [6.45, 7) is 7.61. The third kappa shape index (κ3) is 5.73. The fraction of sp³-hybridized carbons (Fsp3) is 0.250. The molecule has 2 aromatic carbocycles. The molecular weight excluding hydrogens is 360 g/mol. The van der Waals surface area contributed by atoms with Crippen LogP contribution in [0.5, 0.6) is 0 Å². The fourth-order valence-corrected chi connectivity index (χ4v) is 2.27. The highest BCUT2D eigenvalue weighted by molar-refractivity contribution is 5.86. The first kappa shape index (κ1) is 20.8. The molecule has 2 rings (SSSR count). The summed E-state index contributed by atoms with van der Waals surface area (Å²) < 4.78 is 5.08. The zero-order chi connectivity index (χ0) is 20.7. The first-order valence-electron chi connectivity index (χ1n) is 8.58. The number of aryl methyl sites for hydroxylation is 1. The van der Waals surface area contributed by atoms with E-state index in [-0.39, 0.29) is 12.3 Å². The molecule has 0 aliphatic heterocycles. The van der Waals surface area contributed by atoms with E-state index in [2.05, 4.69) is 16.8 Å². The van der Waals surface area contributed by atoms with Crippen LogP contribution in [-0.4, -0.2) is 31.1 Å². The van der Waals surface area contributed by atoms with Crippen LogP contribution in [0.4, 0.5) is 22.7 Å². The van der Waals surface area contributed by atoms with Crippen molar-refractivity contribution in [3.63, 3.8) is 0 Å². The Morgan fingerprint density at radius 1 is 1.18 bits per heavy atom. The lowest BCUT2D eigenvalue weighted by molar-refractivity contribution is -0.385. The molecule has 146 valence electrons. The number of nitro groups is 1. The van der Waals surface area contributed by atoms with Gasteiger partial charge >= 0.3 is 5.97 Å². The summed E-state index contributed by atoms with van der Waals surface area (Å²) in [7, 11) is 1.89. The van der Waals surface area contributed by atoms with Crippen LogP contribution in [0.2, 0.25) is 0 Å². The van der Waals surface area contributed by atoms with Crippen LogP contribution >= 0.6 is 0 Å². The molecule has 0 aliphatic rings. The number of hydrogen-bond acceptors (Lipinski definition) is 7. The van der Waals surface area contributed by atoms with Crippen molar-refractivity contribution in [2.45, 2.75) is 13.8 Å². The molecule has 0 atom stereocenters. The standard InChI is InChI=1S/C20H22N4O4/c1-14(2)20(25)28-12-11-23(4)18-9-7-16(8-10-18)21-22-17-6-5-15(3)19(13-17)24(26)27/h5-10,13H,1,11-12H2,2-4H3. The Hall–Kier alpha value is -3.55. The molecule has 0 saturated heterocycles. The Morgan fingerprint density at radius 3 is 2.39 bits per heavy atom. The number of nitro benzene ring substituents is 1. The Bertz CT molecular complexity index is 907. The molecule has 28 heavy (non-hydrogen) atoms. The lowest BCUT2D eigenvalue weighted by atomic mass is 10.2. The van der Waals surface area contributed by atoms with Gasteiger partial charge in [0.2, 0.25) is 0 Å². The molecule has 0 saturated carbocycles. The van der Waals surface area contributed by atoms with Crippen LogP contribution in [-0.2, 0) is 9.53 Å². The number of anilines is 1. The van der Waals surface area contributed by atoms with Crippen LogP contribution in [0.3, 0.4) is 0 Å². The normalized spacial score (nSPS) is 10.7. The average Bonchev–Trinajstić information content (AvgIpc) is 2.67. The van der Waals surface area contributed by atoms with Gasteiger partial charge in [-0.05, 0) is 44.2 Å². The number of carbonyl (C=O) groups is 1. The Labute approximate surface area is 163 Å². The molecule has 0 bridgehead atoms. The van der Waals surface area contributed by atoms with Gasteiger partial charge in [-0.25, -0.2) is 4.79 Å². The van der Waals surface area contributed by atoms with Crippen LogP contribution in [0.1, 0.15) is 12.5 Å². The number of azo groups is 1. The van der Waals surface area contributed by atoms with Crippen LogP contribution in [0, 0.1) is 17.0 Å². The van der Waals surface area contributed by atoms with E-state index in [1.165, 1.54) is 6.07 Å². The van der Waals surface area contributed by atoms with E-state index in [1.54, 1.807) is 38.1 Å². The maximum Gasteiger partial charge on any atom is 0.333 e. The number of esters is 1. The quantitative estimate of drug-likeness (QED) is 0.213. The van der Waals surface area contributed by atoms with E-state index in [9.17, 15) is 14.9 Å². The highest BCUT2D eigenvalue weighted by Gasteiger charge is 2.10. The molecule has 0 spiro atoms. The van der Waals surface area contributed by atoms with E-state index in [0.29, 0.717) is 29.1 Å². The number of hydrogen-bond donors (Lipinski definition) is 0. The summed E-state index contributed by atoms with van der Waals surface area (Å²) in [5.74, 6) is -0.402. The van der Waals surface area contributed by atoms with Crippen LogP contribution in [0.25, 0.3) is 0 Å². The molecule has 8 heteroatoms. The van der Waals surface area contributed by atoms with Gasteiger partial charge in [-0.1, -0.05) is 12.6 Å². The molecule has 0 N–H and O–H groups in total. The summed E-state index contributed by atoms with van der Waals surface area (Å²) in [5.41, 5.74) is 2.92.